The van der Waals surface area contributed by atoms with Crippen molar-refractivity contribution in [3.05, 3.63) is 12.1 Å². The van der Waals surface area contributed by atoms with E-state index in [4.69, 9.17) is 0 Å². The van der Waals surface area contributed by atoms with Crippen LogP contribution in [0, 0.1) is 0 Å². The van der Waals surface area contributed by atoms with E-state index in [2.05, 4.69) is 25.9 Å². The van der Waals surface area contributed by atoms with Crippen LogP contribution in [0.2, 0.25) is 0 Å². The van der Waals surface area contributed by atoms with E-state index < -0.39 is 0 Å². The lowest BCUT2D eigenvalue weighted by Gasteiger charge is -2.30. The van der Waals surface area contributed by atoms with Crippen LogP contribution in [0.4, 0.5) is 5.82 Å². The number of amides is 1. The molecule has 1 unspecified atom stereocenters. The van der Waals surface area contributed by atoms with Gasteiger partial charge in [0.25, 0.3) is 0 Å². The number of tetrazole rings is 1. The summed E-state index contributed by atoms with van der Waals surface area (Å²) in [6.07, 6.45) is 1.39. The molecule has 3 heterocycles. The average molecular weight is 247 g/mol. The van der Waals surface area contributed by atoms with Crippen molar-refractivity contribution in [1.29, 1.82) is 0 Å². The van der Waals surface area contributed by atoms with Crippen molar-refractivity contribution >= 4 is 17.4 Å². The lowest BCUT2D eigenvalue weighted by atomic mass is 10.1. The summed E-state index contributed by atoms with van der Waals surface area (Å²) in [4.78, 5) is 13.1. The zero-order chi connectivity index (χ0) is 12.5. The Morgan fingerprint density at radius 1 is 1.44 bits per heavy atom. The summed E-state index contributed by atoms with van der Waals surface area (Å²) < 4.78 is 1.38. The van der Waals surface area contributed by atoms with Crippen LogP contribution in [0.25, 0.3) is 5.65 Å². The molecule has 8 heteroatoms. The molecule has 3 rings (SSSR count). The Labute approximate surface area is 103 Å². The van der Waals surface area contributed by atoms with E-state index in [9.17, 15) is 4.79 Å². The van der Waals surface area contributed by atoms with E-state index in [1.807, 2.05) is 13.1 Å². The molecule has 1 atom stereocenters. The van der Waals surface area contributed by atoms with Crippen molar-refractivity contribution in [2.24, 2.45) is 0 Å². The maximum atomic E-state index is 11.4. The molecule has 1 fully saturated rings. The number of anilines is 1. The number of fused-ring (bicyclic) bond motifs is 1. The maximum Gasteiger partial charge on any atom is 0.222 e. The van der Waals surface area contributed by atoms with Crippen LogP contribution in [0.1, 0.15) is 12.8 Å². The highest BCUT2D eigenvalue weighted by molar-refractivity contribution is 5.77. The molecule has 1 amide bonds. The van der Waals surface area contributed by atoms with Gasteiger partial charge >= 0.3 is 0 Å². The van der Waals surface area contributed by atoms with Gasteiger partial charge in [-0.05, 0) is 29.0 Å². The van der Waals surface area contributed by atoms with Gasteiger partial charge in [0.05, 0.1) is 0 Å². The molecule has 1 aliphatic heterocycles. The van der Waals surface area contributed by atoms with Crippen molar-refractivity contribution in [2.75, 3.05) is 18.9 Å². The Hall–Kier alpha value is -2.25. The van der Waals surface area contributed by atoms with Crippen molar-refractivity contribution in [2.45, 2.75) is 18.9 Å². The summed E-state index contributed by atoms with van der Waals surface area (Å²) >= 11 is 0. The largest absolute Gasteiger partial charge is 0.364 e. The topological polar surface area (TPSA) is 88.3 Å². The number of likely N-dealkylation sites (N-methyl/N-ethyl adjacent to an activating group) is 1. The maximum absolute atomic E-state index is 11.4. The number of aromatic nitrogens is 5. The molecule has 1 N–H and O–H groups in total. The fourth-order valence-electron chi connectivity index (χ4n) is 2.07. The molecule has 1 saturated heterocycles. The van der Waals surface area contributed by atoms with E-state index >= 15 is 0 Å². The molecule has 94 valence electrons. The third-order valence-electron chi connectivity index (χ3n) is 3.05. The first-order valence-corrected chi connectivity index (χ1v) is 5.78. The second kappa shape index (κ2) is 4.21. The second-order valence-corrected chi connectivity index (χ2v) is 4.40. The molecule has 0 spiro atoms. The van der Waals surface area contributed by atoms with E-state index in [-0.39, 0.29) is 11.9 Å². The van der Waals surface area contributed by atoms with Gasteiger partial charge in [-0.15, -0.1) is 14.8 Å². The minimum atomic E-state index is 0.192. The summed E-state index contributed by atoms with van der Waals surface area (Å²) in [7, 11) is 1.81. The minimum Gasteiger partial charge on any atom is -0.364 e. The number of likely N-dealkylation sites (tertiary alicyclic amines) is 1. The van der Waals surface area contributed by atoms with E-state index in [1.165, 1.54) is 4.63 Å². The van der Waals surface area contributed by atoms with Crippen LogP contribution in [0.5, 0.6) is 0 Å². The van der Waals surface area contributed by atoms with Gasteiger partial charge in [0.15, 0.2) is 5.65 Å². The van der Waals surface area contributed by atoms with Crippen molar-refractivity contribution in [1.82, 2.24) is 30.2 Å². The Balaban J connectivity index is 1.73. The first-order valence-electron chi connectivity index (χ1n) is 5.78. The van der Waals surface area contributed by atoms with Gasteiger partial charge in [-0.2, -0.15) is 0 Å². The third kappa shape index (κ3) is 1.96. The first kappa shape index (κ1) is 10.9. The summed E-state index contributed by atoms with van der Waals surface area (Å²) in [6, 6.07) is 3.85. The highest BCUT2D eigenvalue weighted by Crippen LogP contribution is 2.14. The number of carbonyl (C=O) groups excluding carboxylic acids is 1. The summed E-state index contributed by atoms with van der Waals surface area (Å²) in [5.74, 6) is 0.902. The highest BCUT2D eigenvalue weighted by Gasteiger charge is 2.22. The lowest BCUT2D eigenvalue weighted by molar-refractivity contribution is -0.132. The number of piperidine rings is 1. The Bertz CT molecular complexity index is 580. The van der Waals surface area contributed by atoms with Gasteiger partial charge < -0.3 is 10.2 Å². The lowest BCUT2D eigenvalue weighted by Crippen LogP contribution is -2.43. The van der Waals surface area contributed by atoms with Crippen molar-refractivity contribution in [3.8, 4) is 0 Å². The van der Waals surface area contributed by atoms with Gasteiger partial charge in [-0.25, -0.2) is 0 Å². The Morgan fingerprint density at radius 3 is 3.17 bits per heavy atom. The first-order chi connectivity index (χ1) is 8.72. The van der Waals surface area contributed by atoms with E-state index in [1.54, 1.807) is 11.0 Å². The Morgan fingerprint density at radius 2 is 2.33 bits per heavy atom. The molecule has 2 aromatic rings. The standard InChI is InChI=1S/C10H13N7O/c1-16-6-7(2-5-10(16)18)11-8-3-4-9-12-14-15-17(9)13-8/h3-4,7H,2,5-6H2,1H3,(H,11,13). The van der Waals surface area contributed by atoms with Crippen LogP contribution in [-0.4, -0.2) is 55.7 Å². The van der Waals surface area contributed by atoms with Gasteiger partial charge in [0, 0.05) is 26.1 Å². The highest BCUT2D eigenvalue weighted by atomic mass is 16.2. The van der Waals surface area contributed by atoms with E-state index in [0.29, 0.717) is 24.4 Å². The molecule has 0 bridgehead atoms. The molecular weight excluding hydrogens is 234 g/mol. The number of nitrogens with one attached hydrogen (secondary N) is 1. The van der Waals surface area contributed by atoms with Crippen LogP contribution in [0.3, 0.4) is 0 Å². The quantitative estimate of drug-likeness (QED) is 0.773. The average Bonchev–Trinajstić information content (AvgIpc) is 2.81. The minimum absolute atomic E-state index is 0.192. The number of rotatable bonds is 2. The zero-order valence-corrected chi connectivity index (χ0v) is 9.94. The molecule has 0 radical (unpaired) electrons. The monoisotopic (exact) mass is 247 g/mol. The van der Waals surface area contributed by atoms with Gasteiger partial charge in [0.1, 0.15) is 5.82 Å². The van der Waals surface area contributed by atoms with Gasteiger partial charge in [0.2, 0.25) is 5.91 Å². The van der Waals surface area contributed by atoms with E-state index in [0.717, 1.165) is 6.42 Å². The van der Waals surface area contributed by atoms with Crippen molar-refractivity contribution < 1.29 is 4.79 Å². The number of hydrogen-bond acceptors (Lipinski definition) is 6. The summed E-state index contributed by atoms with van der Waals surface area (Å²) in [5.41, 5.74) is 0.608. The molecule has 2 aromatic heterocycles. The molecule has 18 heavy (non-hydrogen) atoms. The van der Waals surface area contributed by atoms with Gasteiger partial charge in [-0.3, -0.25) is 4.79 Å². The number of nitrogens with zero attached hydrogens (tertiary/aromatic N) is 6. The van der Waals surface area contributed by atoms with Crippen LogP contribution >= 0.6 is 0 Å². The molecule has 0 saturated carbocycles. The number of hydrogen-bond donors (Lipinski definition) is 1. The molecule has 8 nitrogen and oxygen atoms in total. The SMILES string of the molecule is CN1CC(Nc2ccc3nnnn3n2)CCC1=O. The molecular formula is C10H13N7O. The van der Waals surface area contributed by atoms with Crippen molar-refractivity contribution in [3.63, 3.8) is 0 Å². The molecule has 0 aliphatic carbocycles. The normalized spacial score (nSPS) is 20.4. The number of carbonyl (C=O) groups is 1. The zero-order valence-electron chi connectivity index (χ0n) is 9.94. The predicted octanol–water partition coefficient (Wildman–Crippen LogP) is -0.448. The fraction of sp³-hybridized carbons (Fsp3) is 0.500. The second-order valence-electron chi connectivity index (χ2n) is 4.40. The summed E-state index contributed by atoms with van der Waals surface area (Å²) in [5, 5.41) is 18.6. The predicted molar refractivity (Wildman–Crippen MR) is 62.9 cm³/mol. The van der Waals surface area contributed by atoms with Crippen LogP contribution < -0.4 is 5.32 Å². The fourth-order valence-corrected chi connectivity index (χ4v) is 2.07. The smallest absolute Gasteiger partial charge is 0.222 e. The summed E-state index contributed by atoms with van der Waals surface area (Å²) in [6.45, 7) is 0.689. The van der Waals surface area contributed by atoms with Crippen LogP contribution in [-0.2, 0) is 4.79 Å². The Kier molecular flexibility index (Phi) is 2.54. The molecule has 1 aliphatic rings. The molecule has 0 aromatic carbocycles. The van der Waals surface area contributed by atoms with Crippen LogP contribution in [0.15, 0.2) is 12.1 Å². The third-order valence-corrected chi connectivity index (χ3v) is 3.05. The van der Waals surface area contributed by atoms with Gasteiger partial charge in [-0.1, -0.05) is 0 Å².